The summed E-state index contributed by atoms with van der Waals surface area (Å²) < 4.78 is 12.7. The Balaban J connectivity index is 2.31. The van der Waals surface area contributed by atoms with Crippen LogP contribution in [0.2, 0.25) is 0 Å². The van der Waals surface area contributed by atoms with Crippen LogP contribution in [0.3, 0.4) is 0 Å². The molecule has 0 spiro atoms. The van der Waals surface area contributed by atoms with Crippen molar-refractivity contribution in [2.24, 2.45) is 0 Å². The highest BCUT2D eigenvalue weighted by Gasteiger charge is 2.10. The summed E-state index contributed by atoms with van der Waals surface area (Å²) >= 11 is 4.47. The quantitative estimate of drug-likeness (QED) is 0.641. The molecule has 0 N–H and O–H groups in total. The van der Waals surface area contributed by atoms with Crippen LogP contribution in [0.5, 0.6) is 0 Å². The van der Waals surface area contributed by atoms with Gasteiger partial charge in [0.05, 0.1) is 5.33 Å². The van der Waals surface area contributed by atoms with E-state index in [9.17, 15) is 9.18 Å². The minimum absolute atomic E-state index is 0.0513. The molecule has 16 heavy (non-hydrogen) atoms. The maximum absolute atomic E-state index is 12.7. The number of Topliss-reactive ketones (excluding diaryl/α,β-unsaturated/α-hetero) is 1. The van der Waals surface area contributed by atoms with Crippen LogP contribution in [-0.2, 0) is 0 Å². The minimum Gasteiger partial charge on any atom is -0.291 e. The summed E-state index contributed by atoms with van der Waals surface area (Å²) in [5, 5.41) is 2.70. The molecule has 2 nitrogen and oxygen atoms in total. The van der Waals surface area contributed by atoms with E-state index in [4.69, 9.17) is 0 Å². The highest BCUT2D eigenvalue weighted by atomic mass is 79.9. The Morgan fingerprint density at radius 2 is 2.06 bits per heavy atom. The van der Waals surface area contributed by atoms with Crippen LogP contribution in [0.1, 0.15) is 10.5 Å². The van der Waals surface area contributed by atoms with Crippen molar-refractivity contribution in [1.82, 2.24) is 4.98 Å². The van der Waals surface area contributed by atoms with Gasteiger partial charge in [0.2, 0.25) is 0 Å². The first kappa shape index (κ1) is 11.4. The molecule has 2 aromatic rings. The summed E-state index contributed by atoms with van der Waals surface area (Å²) in [6.45, 7) is 0. The Kier molecular flexibility index (Phi) is 3.46. The molecule has 1 aromatic carbocycles. The van der Waals surface area contributed by atoms with Gasteiger partial charge in [0, 0.05) is 10.9 Å². The van der Waals surface area contributed by atoms with E-state index in [1.165, 1.54) is 23.5 Å². The molecular weight excluding hydrogens is 293 g/mol. The van der Waals surface area contributed by atoms with E-state index >= 15 is 0 Å². The minimum atomic E-state index is -0.280. The molecule has 0 saturated carbocycles. The average Bonchev–Trinajstić information content (AvgIpc) is 2.78. The van der Waals surface area contributed by atoms with E-state index in [1.807, 2.05) is 0 Å². The van der Waals surface area contributed by atoms with Crippen LogP contribution in [0.25, 0.3) is 10.6 Å². The zero-order valence-electron chi connectivity index (χ0n) is 8.11. The molecule has 0 aliphatic rings. The Labute approximate surface area is 104 Å². The Bertz CT molecular complexity index is 509. The number of thiazole rings is 1. The van der Waals surface area contributed by atoms with E-state index < -0.39 is 0 Å². The SMILES string of the molecule is O=C(CBr)c1csc(-c2ccc(F)cc2)n1. The van der Waals surface area contributed by atoms with Crippen molar-refractivity contribution in [3.63, 3.8) is 0 Å². The molecule has 82 valence electrons. The fraction of sp³-hybridized carbons (Fsp3) is 0.0909. The number of carbonyl (C=O) groups is 1. The molecule has 5 heteroatoms. The number of hydrogen-bond donors (Lipinski definition) is 0. The number of aromatic nitrogens is 1. The number of hydrogen-bond acceptors (Lipinski definition) is 3. The van der Waals surface area contributed by atoms with Crippen LogP contribution in [-0.4, -0.2) is 16.1 Å². The largest absolute Gasteiger partial charge is 0.291 e. The summed E-state index contributed by atoms with van der Waals surface area (Å²) in [5.74, 6) is -0.332. The second-order valence-corrected chi connectivity index (χ2v) is 4.52. The van der Waals surface area contributed by atoms with Crippen LogP contribution in [0.15, 0.2) is 29.6 Å². The molecule has 2 rings (SSSR count). The molecular formula is C11H7BrFNOS. The third-order valence-corrected chi connectivity index (χ3v) is 3.40. The van der Waals surface area contributed by atoms with E-state index in [-0.39, 0.29) is 16.9 Å². The van der Waals surface area contributed by atoms with Crippen LogP contribution < -0.4 is 0 Å². The second-order valence-electron chi connectivity index (χ2n) is 3.10. The molecule has 0 radical (unpaired) electrons. The van der Waals surface area contributed by atoms with E-state index in [0.717, 1.165) is 10.6 Å². The summed E-state index contributed by atoms with van der Waals surface area (Å²) in [6.07, 6.45) is 0. The second kappa shape index (κ2) is 4.84. The lowest BCUT2D eigenvalue weighted by Gasteiger charge is -1.94. The maximum atomic E-state index is 12.7. The van der Waals surface area contributed by atoms with Gasteiger partial charge >= 0.3 is 0 Å². The summed E-state index contributed by atoms with van der Waals surface area (Å²) in [5.41, 5.74) is 1.27. The molecule has 0 aliphatic carbocycles. The number of nitrogens with zero attached hydrogens (tertiary/aromatic N) is 1. The number of carbonyl (C=O) groups excluding carboxylic acids is 1. The van der Waals surface area contributed by atoms with Gasteiger partial charge in [-0.15, -0.1) is 11.3 Å². The number of ketones is 1. The molecule has 0 bridgehead atoms. The molecule has 0 saturated heterocycles. The zero-order chi connectivity index (χ0) is 11.5. The van der Waals surface area contributed by atoms with Gasteiger partial charge in [-0.1, -0.05) is 15.9 Å². The Morgan fingerprint density at radius 3 is 2.69 bits per heavy atom. The lowest BCUT2D eigenvalue weighted by Crippen LogP contribution is -1.99. The molecule has 0 fully saturated rings. The first-order chi connectivity index (χ1) is 7.70. The maximum Gasteiger partial charge on any atom is 0.192 e. The highest BCUT2D eigenvalue weighted by molar-refractivity contribution is 9.09. The van der Waals surface area contributed by atoms with Crippen molar-refractivity contribution >= 4 is 33.0 Å². The fourth-order valence-corrected chi connectivity index (χ4v) is 2.31. The van der Waals surface area contributed by atoms with Gasteiger partial charge in [0.1, 0.15) is 16.5 Å². The van der Waals surface area contributed by atoms with Crippen molar-refractivity contribution in [2.75, 3.05) is 5.33 Å². The van der Waals surface area contributed by atoms with Crippen LogP contribution >= 0.6 is 27.3 Å². The molecule has 0 unspecified atom stereocenters. The lowest BCUT2D eigenvalue weighted by molar-refractivity contribution is 0.102. The van der Waals surface area contributed by atoms with Gasteiger partial charge < -0.3 is 0 Å². The van der Waals surface area contributed by atoms with Gasteiger partial charge in [-0.2, -0.15) is 0 Å². The van der Waals surface area contributed by atoms with E-state index in [2.05, 4.69) is 20.9 Å². The summed E-state index contributed by atoms with van der Waals surface area (Å²) in [4.78, 5) is 15.5. The molecule has 1 heterocycles. The first-order valence-electron chi connectivity index (χ1n) is 4.51. The van der Waals surface area contributed by atoms with Gasteiger partial charge in [0.25, 0.3) is 0 Å². The predicted molar refractivity (Wildman–Crippen MR) is 65.6 cm³/mol. The molecule has 0 atom stereocenters. The smallest absolute Gasteiger partial charge is 0.192 e. The molecule has 1 aromatic heterocycles. The van der Waals surface area contributed by atoms with Crippen LogP contribution in [0.4, 0.5) is 4.39 Å². The number of alkyl halides is 1. The number of rotatable bonds is 3. The topological polar surface area (TPSA) is 30.0 Å². The van der Waals surface area contributed by atoms with Gasteiger partial charge in [-0.05, 0) is 24.3 Å². The van der Waals surface area contributed by atoms with Crippen molar-refractivity contribution in [2.45, 2.75) is 0 Å². The third-order valence-electron chi connectivity index (χ3n) is 2.00. The third kappa shape index (κ3) is 2.36. The number of halogens is 2. The lowest BCUT2D eigenvalue weighted by atomic mass is 10.2. The standard InChI is InChI=1S/C11H7BrFNOS/c12-5-10(15)9-6-16-11(14-9)7-1-3-8(13)4-2-7/h1-4,6H,5H2. The Morgan fingerprint density at radius 1 is 1.38 bits per heavy atom. The number of benzene rings is 1. The van der Waals surface area contributed by atoms with Crippen molar-refractivity contribution in [3.05, 3.63) is 41.2 Å². The van der Waals surface area contributed by atoms with Gasteiger partial charge in [-0.25, -0.2) is 9.37 Å². The van der Waals surface area contributed by atoms with E-state index in [0.29, 0.717) is 5.69 Å². The van der Waals surface area contributed by atoms with Gasteiger partial charge in [-0.3, -0.25) is 4.79 Å². The fourth-order valence-electron chi connectivity index (χ4n) is 1.20. The Hall–Kier alpha value is -1.07. The monoisotopic (exact) mass is 299 g/mol. The van der Waals surface area contributed by atoms with E-state index in [1.54, 1.807) is 17.5 Å². The summed E-state index contributed by atoms with van der Waals surface area (Å²) in [6, 6.07) is 6.05. The average molecular weight is 300 g/mol. The van der Waals surface area contributed by atoms with Crippen molar-refractivity contribution < 1.29 is 9.18 Å². The normalized spacial score (nSPS) is 10.4. The summed E-state index contributed by atoms with van der Waals surface area (Å²) in [7, 11) is 0. The highest BCUT2D eigenvalue weighted by Crippen LogP contribution is 2.24. The van der Waals surface area contributed by atoms with Crippen molar-refractivity contribution in [3.8, 4) is 10.6 Å². The van der Waals surface area contributed by atoms with Crippen molar-refractivity contribution in [1.29, 1.82) is 0 Å². The molecule has 0 aliphatic heterocycles. The molecule has 0 amide bonds. The zero-order valence-corrected chi connectivity index (χ0v) is 10.5. The predicted octanol–water partition coefficient (Wildman–Crippen LogP) is 3.53. The van der Waals surface area contributed by atoms with Gasteiger partial charge in [0.15, 0.2) is 5.78 Å². The van der Waals surface area contributed by atoms with Crippen LogP contribution in [0, 0.1) is 5.82 Å². The first-order valence-corrected chi connectivity index (χ1v) is 6.51.